The van der Waals surface area contributed by atoms with Gasteiger partial charge in [0.25, 0.3) is 11.5 Å². The first-order valence-corrected chi connectivity index (χ1v) is 10.5. The number of amides is 1. The van der Waals surface area contributed by atoms with Crippen molar-refractivity contribution in [2.75, 3.05) is 6.61 Å². The summed E-state index contributed by atoms with van der Waals surface area (Å²) in [5.74, 6) is -3.51. The molecule has 4 atom stereocenters. The SMILES string of the molecule is O=C(O)[C@@H]1[C@@H](CO)[C@@H]2Cn3c(ccc(-c4cccc(F)c4)c3=O)[C@@H]2N1C(=O)c1ccccn1. The zero-order valence-electron chi connectivity index (χ0n) is 17.3. The monoisotopic (exact) mass is 449 g/mol. The fourth-order valence-electron chi connectivity index (χ4n) is 5.19. The number of benzene rings is 1. The average molecular weight is 449 g/mol. The first-order chi connectivity index (χ1) is 15.9. The summed E-state index contributed by atoms with van der Waals surface area (Å²) in [6.45, 7) is -0.313. The lowest BCUT2D eigenvalue weighted by atomic mass is 9.88. The number of aliphatic carboxylic acids is 1. The molecule has 0 radical (unpaired) electrons. The van der Waals surface area contributed by atoms with E-state index in [0.29, 0.717) is 16.8 Å². The summed E-state index contributed by atoms with van der Waals surface area (Å²) in [5.41, 5.74) is 0.934. The minimum atomic E-state index is -1.26. The largest absolute Gasteiger partial charge is 0.480 e. The smallest absolute Gasteiger partial charge is 0.326 e. The molecule has 0 unspecified atom stereocenters. The van der Waals surface area contributed by atoms with Crippen LogP contribution in [0, 0.1) is 17.7 Å². The zero-order valence-corrected chi connectivity index (χ0v) is 17.3. The molecule has 3 aromatic rings. The second kappa shape index (κ2) is 7.93. The Labute approximate surface area is 187 Å². The third kappa shape index (κ3) is 3.23. The Morgan fingerprint density at radius 3 is 2.61 bits per heavy atom. The molecule has 4 heterocycles. The first kappa shape index (κ1) is 21.0. The summed E-state index contributed by atoms with van der Waals surface area (Å²) in [5, 5.41) is 20.0. The van der Waals surface area contributed by atoms with Gasteiger partial charge in [-0.2, -0.15) is 0 Å². The van der Waals surface area contributed by atoms with Crippen LogP contribution in [0.25, 0.3) is 11.1 Å². The molecule has 0 bridgehead atoms. The van der Waals surface area contributed by atoms with Crippen LogP contribution in [0.2, 0.25) is 0 Å². The van der Waals surface area contributed by atoms with Gasteiger partial charge in [0, 0.05) is 42.4 Å². The zero-order chi connectivity index (χ0) is 23.3. The summed E-state index contributed by atoms with van der Waals surface area (Å²) in [4.78, 5) is 44.2. The molecule has 5 rings (SSSR count). The number of carboxylic acids is 1. The minimum Gasteiger partial charge on any atom is -0.480 e. The van der Waals surface area contributed by atoms with Crippen molar-refractivity contribution in [2.24, 2.45) is 11.8 Å². The number of pyridine rings is 2. The summed E-state index contributed by atoms with van der Waals surface area (Å²) < 4.78 is 15.2. The van der Waals surface area contributed by atoms with Crippen LogP contribution in [0.4, 0.5) is 4.39 Å². The molecule has 0 spiro atoms. The fourth-order valence-corrected chi connectivity index (χ4v) is 5.19. The topological polar surface area (TPSA) is 113 Å². The molecule has 1 amide bonds. The van der Waals surface area contributed by atoms with Crippen LogP contribution >= 0.6 is 0 Å². The van der Waals surface area contributed by atoms with Gasteiger partial charge >= 0.3 is 5.97 Å². The molecule has 33 heavy (non-hydrogen) atoms. The van der Waals surface area contributed by atoms with E-state index >= 15 is 0 Å². The Kier molecular flexibility index (Phi) is 5.05. The Morgan fingerprint density at radius 1 is 1.12 bits per heavy atom. The summed E-state index contributed by atoms with van der Waals surface area (Å²) in [7, 11) is 0. The predicted molar refractivity (Wildman–Crippen MR) is 115 cm³/mol. The van der Waals surface area contributed by atoms with Gasteiger partial charge in [-0.3, -0.25) is 14.6 Å². The van der Waals surface area contributed by atoms with E-state index in [4.69, 9.17) is 0 Å². The number of carbonyl (C=O) groups is 2. The maximum atomic E-state index is 13.7. The lowest BCUT2D eigenvalue weighted by molar-refractivity contribution is -0.143. The van der Waals surface area contributed by atoms with Crippen molar-refractivity contribution in [3.63, 3.8) is 0 Å². The molecule has 2 aliphatic heterocycles. The van der Waals surface area contributed by atoms with Gasteiger partial charge in [-0.15, -0.1) is 0 Å². The van der Waals surface area contributed by atoms with Gasteiger partial charge in [-0.25, -0.2) is 9.18 Å². The summed E-state index contributed by atoms with van der Waals surface area (Å²) >= 11 is 0. The average Bonchev–Trinajstić information content (AvgIpc) is 3.34. The molecule has 1 saturated heterocycles. The summed E-state index contributed by atoms with van der Waals surface area (Å²) in [6.07, 6.45) is 1.44. The number of aromatic nitrogens is 2. The maximum absolute atomic E-state index is 13.7. The van der Waals surface area contributed by atoms with Crippen molar-refractivity contribution >= 4 is 11.9 Å². The maximum Gasteiger partial charge on any atom is 0.326 e. The Hall–Kier alpha value is -3.85. The highest BCUT2D eigenvalue weighted by atomic mass is 19.1. The van der Waals surface area contributed by atoms with Gasteiger partial charge < -0.3 is 19.7 Å². The fraction of sp³-hybridized carbons (Fsp3) is 0.250. The molecular formula is C24H20FN3O5. The van der Waals surface area contributed by atoms with E-state index in [9.17, 15) is 29.0 Å². The molecule has 168 valence electrons. The molecule has 9 heteroatoms. The van der Waals surface area contributed by atoms with Crippen LogP contribution in [-0.4, -0.2) is 49.2 Å². The van der Waals surface area contributed by atoms with E-state index < -0.39 is 48.2 Å². The molecule has 8 nitrogen and oxygen atoms in total. The quantitative estimate of drug-likeness (QED) is 0.630. The number of likely N-dealkylation sites (tertiary alicyclic amines) is 1. The Morgan fingerprint density at radius 2 is 1.94 bits per heavy atom. The van der Waals surface area contributed by atoms with E-state index in [0.717, 1.165) is 0 Å². The van der Waals surface area contributed by atoms with Crippen LogP contribution in [0.5, 0.6) is 0 Å². The highest BCUT2D eigenvalue weighted by molar-refractivity contribution is 5.96. The van der Waals surface area contributed by atoms with Crippen molar-refractivity contribution < 1.29 is 24.2 Å². The van der Waals surface area contributed by atoms with E-state index in [2.05, 4.69) is 4.98 Å². The molecule has 2 N–H and O–H groups in total. The van der Waals surface area contributed by atoms with Crippen LogP contribution in [0.1, 0.15) is 22.2 Å². The van der Waals surface area contributed by atoms with E-state index in [1.54, 1.807) is 30.3 Å². The van der Waals surface area contributed by atoms with Gasteiger partial charge in [0.1, 0.15) is 17.6 Å². The van der Waals surface area contributed by atoms with Gasteiger partial charge in [0.2, 0.25) is 0 Å². The van der Waals surface area contributed by atoms with E-state index in [1.165, 1.54) is 39.9 Å². The second-order valence-corrected chi connectivity index (χ2v) is 8.26. The number of carbonyl (C=O) groups excluding carboxylic acids is 1. The number of hydrogen-bond donors (Lipinski definition) is 2. The van der Waals surface area contributed by atoms with Crippen LogP contribution in [0.15, 0.2) is 65.6 Å². The van der Waals surface area contributed by atoms with Crippen LogP contribution in [0.3, 0.4) is 0 Å². The molecule has 1 fully saturated rings. The number of nitrogens with zero attached hydrogens (tertiary/aromatic N) is 3. The van der Waals surface area contributed by atoms with E-state index in [-0.39, 0.29) is 17.8 Å². The van der Waals surface area contributed by atoms with Gasteiger partial charge in [-0.05, 0) is 42.0 Å². The van der Waals surface area contributed by atoms with Crippen molar-refractivity contribution in [1.29, 1.82) is 0 Å². The molecule has 0 saturated carbocycles. The number of aliphatic hydroxyl groups excluding tert-OH is 1. The van der Waals surface area contributed by atoms with Crippen molar-refractivity contribution in [1.82, 2.24) is 14.5 Å². The third-order valence-corrected chi connectivity index (χ3v) is 6.58. The standard InChI is InChI=1S/C24H20FN3O5/c25-14-5-3-4-13(10-14)15-7-8-19-20-16(11-27(19)22(15)30)17(12-29)21(24(32)33)28(20)23(31)18-6-1-2-9-26-18/h1-10,16-17,20-21,29H,11-12H2,(H,32,33)/t16-,17-,20+,21-/m0/s1. The van der Waals surface area contributed by atoms with Crippen LogP contribution in [-0.2, 0) is 11.3 Å². The molecule has 2 aliphatic rings. The number of aliphatic hydroxyl groups is 1. The number of rotatable bonds is 4. The number of fused-ring (bicyclic) bond motifs is 3. The normalized spacial score (nSPS) is 23.3. The minimum absolute atomic E-state index is 0.0817. The third-order valence-electron chi connectivity index (χ3n) is 6.58. The van der Waals surface area contributed by atoms with Crippen molar-refractivity contribution in [3.05, 3.63) is 88.4 Å². The first-order valence-electron chi connectivity index (χ1n) is 10.5. The van der Waals surface area contributed by atoms with E-state index in [1.807, 2.05) is 0 Å². The van der Waals surface area contributed by atoms with Gasteiger partial charge in [-0.1, -0.05) is 18.2 Å². The molecule has 0 aliphatic carbocycles. The van der Waals surface area contributed by atoms with Crippen molar-refractivity contribution in [2.45, 2.75) is 18.6 Å². The lowest BCUT2D eigenvalue weighted by Gasteiger charge is -2.29. The van der Waals surface area contributed by atoms with Crippen LogP contribution < -0.4 is 5.56 Å². The number of hydrogen-bond acceptors (Lipinski definition) is 5. The lowest BCUT2D eigenvalue weighted by Crippen LogP contribution is -2.46. The Balaban J connectivity index is 1.64. The second-order valence-electron chi connectivity index (χ2n) is 8.26. The molecule has 2 aromatic heterocycles. The van der Waals surface area contributed by atoms with Crippen molar-refractivity contribution in [3.8, 4) is 11.1 Å². The highest BCUT2D eigenvalue weighted by Gasteiger charge is 2.57. The molecular weight excluding hydrogens is 429 g/mol. The number of halogens is 1. The van der Waals surface area contributed by atoms with Gasteiger partial charge in [0.05, 0.1) is 6.04 Å². The number of carboxylic acid groups (broad SMARTS) is 1. The van der Waals surface area contributed by atoms with Gasteiger partial charge in [0.15, 0.2) is 0 Å². The molecule has 1 aromatic carbocycles. The predicted octanol–water partition coefficient (Wildman–Crippen LogP) is 1.94. The summed E-state index contributed by atoms with van der Waals surface area (Å²) in [6, 6.07) is 11.7. The highest BCUT2D eigenvalue weighted by Crippen LogP contribution is 2.49. The Bertz CT molecular complexity index is 1310.